The number of aromatic nitrogens is 1. The molecule has 0 atom stereocenters. The van der Waals surface area contributed by atoms with Crippen LogP contribution in [-0.2, 0) is 14.3 Å². The quantitative estimate of drug-likeness (QED) is 0.840. The molecule has 1 heterocycles. The minimum atomic E-state index is -0.510. The van der Waals surface area contributed by atoms with Crippen LogP contribution in [-0.4, -0.2) is 36.2 Å². The summed E-state index contributed by atoms with van der Waals surface area (Å²) in [5.74, 6) is -0.860. The molecule has 0 fully saturated rings. The monoisotopic (exact) mass is 272 g/mol. The first-order valence-electron chi connectivity index (χ1n) is 5.31. The third-order valence-electron chi connectivity index (χ3n) is 1.69. The number of carbonyl (C=O) groups excluding carboxylic acids is 2. The van der Waals surface area contributed by atoms with Crippen LogP contribution < -0.4 is 5.32 Å². The van der Waals surface area contributed by atoms with Crippen molar-refractivity contribution in [2.45, 2.75) is 26.4 Å². The molecule has 7 heteroatoms. The molecule has 1 aromatic heterocycles. The molecule has 0 aliphatic carbocycles. The van der Waals surface area contributed by atoms with E-state index in [-0.39, 0.29) is 17.5 Å². The van der Waals surface area contributed by atoms with Gasteiger partial charge >= 0.3 is 11.9 Å². The molecule has 1 aromatic rings. The zero-order valence-electron chi connectivity index (χ0n) is 10.8. The number of thiazole rings is 1. The lowest BCUT2D eigenvalue weighted by molar-refractivity contribution is -0.152. The van der Waals surface area contributed by atoms with E-state index in [0.717, 1.165) is 11.3 Å². The molecular formula is C11H16N2O4S. The van der Waals surface area contributed by atoms with Crippen molar-refractivity contribution in [3.05, 3.63) is 11.2 Å². The molecule has 6 nitrogen and oxygen atoms in total. The number of anilines is 1. The van der Waals surface area contributed by atoms with E-state index in [1.165, 1.54) is 13.3 Å². The normalized spacial score (nSPS) is 10.9. The summed E-state index contributed by atoms with van der Waals surface area (Å²) in [5.41, 5.74) is -0.510. The zero-order chi connectivity index (χ0) is 13.8. The van der Waals surface area contributed by atoms with Gasteiger partial charge in [0.25, 0.3) is 0 Å². The lowest BCUT2D eigenvalue weighted by Crippen LogP contribution is -2.27. The Morgan fingerprint density at radius 1 is 1.44 bits per heavy atom. The van der Waals surface area contributed by atoms with Gasteiger partial charge in [0, 0.05) is 0 Å². The van der Waals surface area contributed by atoms with E-state index in [9.17, 15) is 9.59 Å². The summed E-state index contributed by atoms with van der Waals surface area (Å²) in [6.07, 6.45) is 1.47. The fraction of sp³-hybridized carbons (Fsp3) is 0.545. The van der Waals surface area contributed by atoms with Gasteiger partial charge in [0.2, 0.25) is 5.01 Å². The Morgan fingerprint density at radius 2 is 2.11 bits per heavy atom. The smallest absolute Gasteiger partial charge is 0.367 e. The molecule has 1 rings (SSSR count). The molecule has 18 heavy (non-hydrogen) atoms. The van der Waals surface area contributed by atoms with Gasteiger partial charge in [-0.05, 0) is 20.8 Å². The van der Waals surface area contributed by atoms with Gasteiger partial charge in [0.15, 0.2) is 0 Å². The van der Waals surface area contributed by atoms with Gasteiger partial charge in [0.1, 0.15) is 17.1 Å². The first-order valence-corrected chi connectivity index (χ1v) is 6.13. The highest BCUT2D eigenvalue weighted by Crippen LogP contribution is 2.19. The molecule has 0 saturated carbocycles. The van der Waals surface area contributed by atoms with Crippen molar-refractivity contribution < 1.29 is 19.1 Å². The van der Waals surface area contributed by atoms with Crippen LogP contribution in [0.3, 0.4) is 0 Å². The average molecular weight is 272 g/mol. The second-order valence-corrected chi connectivity index (χ2v) is 5.49. The van der Waals surface area contributed by atoms with Crippen molar-refractivity contribution in [2.75, 3.05) is 19.0 Å². The number of nitrogens with one attached hydrogen (secondary N) is 1. The van der Waals surface area contributed by atoms with E-state index in [1.54, 1.807) is 20.8 Å². The van der Waals surface area contributed by atoms with Crippen LogP contribution in [0.25, 0.3) is 0 Å². The van der Waals surface area contributed by atoms with Crippen LogP contribution >= 0.6 is 11.3 Å². The maximum Gasteiger partial charge on any atom is 0.367 e. The molecule has 0 unspecified atom stereocenters. The third kappa shape index (κ3) is 4.70. The Hall–Kier alpha value is -1.63. The molecule has 0 saturated heterocycles. The lowest BCUT2D eigenvalue weighted by atomic mass is 10.2. The molecular weight excluding hydrogens is 256 g/mol. The van der Waals surface area contributed by atoms with E-state index in [0.29, 0.717) is 5.00 Å². The van der Waals surface area contributed by atoms with Gasteiger partial charge in [-0.1, -0.05) is 11.3 Å². The maximum atomic E-state index is 11.4. The fourth-order valence-corrected chi connectivity index (χ4v) is 1.80. The standard InChI is InChI=1S/C11H16N2O4S/c1-11(2,3)17-8(14)6-12-7-5-13-9(18-7)10(15)16-4/h5,12H,6H2,1-4H3. The summed E-state index contributed by atoms with van der Waals surface area (Å²) < 4.78 is 9.66. The molecule has 0 aliphatic heterocycles. The van der Waals surface area contributed by atoms with Crippen LogP contribution in [0.2, 0.25) is 0 Å². The van der Waals surface area contributed by atoms with Crippen molar-refractivity contribution >= 4 is 28.3 Å². The van der Waals surface area contributed by atoms with E-state index in [2.05, 4.69) is 15.0 Å². The molecule has 0 amide bonds. The molecule has 0 bridgehead atoms. The van der Waals surface area contributed by atoms with Gasteiger partial charge in [0.05, 0.1) is 13.3 Å². The largest absolute Gasteiger partial charge is 0.464 e. The number of nitrogens with zero attached hydrogens (tertiary/aromatic N) is 1. The van der Waals surface area contributed by atoms with E-state index in [1.807, 2.05) is 0 Å². The molecule has 0 spiro atoms. The summed E-state index contributed by atoms with van der Waals surface area (Å²) in [7, 11) is 1.29. The van der Waals surface area contributed by atoms with E-state index >= 15 is 0 Å². The number of hydrogen-bond acceptors (Lipinski definition) is 7. The number of rotatable bonds is 4. The average Bonchev–Trinajstić information content (AvgIpc) is 2.71. The SMILES string of the molecule is COC(=O)c1ncc(NCC(=O)OC(C)(C)C)s1. The first kappa shape index (κ1) is 14.4. The Bertz CT molecular complexity index is 436. The lowest BCUT2D eigenvalue weighted by Gasteiger charge is -2.19. The highest BCUT2D eigenvalue weighted by molar-refractivity contribution is 7.17. The maximum absolute atomic E-state index is 11.4. The predicted octanol–water partition coefficient (Wildman–Crippen LogP) is 1.68. The summed E-state index contributed by atoms with van der Waals surface area (Å²) in [5, 5.41) is 3.69. The van der Waals surface area contributed by atoms with Crippen molar-refractivity contribution in [2.24, 2.45) is 0 Å². The molecule has 0 aromatic carbocycles. The summed E-state index contributed by atoms with van der Waals surface area (Å²) in [6, 6.07) is 0. The molecule has 100 valence electrons. The second-order valence-electron chi connectivity index (χ2n) is 4.46. The molecule has 1 N–H and O–H groups in total. The Morgan fingerprint density at radius 3 is 2.67 bits per heavy atom. The van der Waals surface area contributed by atoms with Gasteiger partial charge < -0.3 is 14.8 Å². The van der Waals surface area contributed by atoms with Gasteiger partial charge in [-0.2, -0.15) is 0 Å². The van der Waals surface area contributed by atoms with Gasteiger partial charge in [-0.3, -0.25) is 4.79 Å². The minimum absolute atomic E-state index is 0.0279. The third-order valence-corrected chi connectivity index (χ3v) is 2.63. The van der Waals surface area contributed by atoms with Crippen LogP contribution in [0.4, 0.5) is 5.00 Å². The second kappa shape index (κ2) is 5.81. The highest BCUT2D eigenvalue weighted by Gasteiger charge is 2.16. The molecule has 0 radical (unpaired) electrons. The fourth-order valence-electron chi connectivity index (χ4n) is 1.07. The summed E-state index contributed by atoms with van der Waals surface area (Å²) in [6.45, 7) is 5.42. The topological polar surface area (TPSA) is 77.5 Å². The minimum Gasteiger partial charge on any atom is -0.464 e. The zero-order valence-corrected chi connectivity index (χ0v) is 11.6. The summed E-state index contributed by atoms with van der Waals surface area (Å²) in [4.78, 5) is 26.5. The van der Waals surface area contributed by atoms with Crippen LogP contribution in [0, 0.1) is 0 Å². The van der Waals surface area contributed by atoms with Crippen LogP contribution in [0.1, 0.15) is 30.6 Å². The van der Waals surface area contributed by atoms with E-state index < -0.39 is 11.6 Å². The Kier molecular flexibility index (Phi) is 4.66. The number of esters is 2. The number of methoxy groups -OCH3 is 1. The highest BCUT2D eigenvalue weighted by atomic mass is 32.1. The Balaban J connectivity index is 2.47. The summed E-state index contributed by atoms with van der Waals surface area (Å²) >= 11 is 1.12. The Labute approximate surface area is 109 Å². The van der Waals surface area contributed by atoms with Crippen LogP contribution in [0.5, 0.6) is 0 Å². The predicted molar refractivity (Wildman–Crippen MR) is 67.8 cm³/mol. The number of carbonyl (C=O) groups is 2. The van der Waals surface area contributed by atoms with Crippen molar-refractivity contribution in [1.29, 1.82) is 0 Å². The van der Waals surface area contributed by atoms with Crippen LogP contribution in [0.15, 0.2) is 6.20 Å². The van der Waals surface area contributed by atoms with Gasteiger partial charge in [-0.25, -0.2) is 9.78 Å². The van der Waals surface area contributed by atoms with Crippen molar-refractivity contribution in [1.82, 2.24) is 4.98 Å². The first-order chi connectivity index (χ1) is 8.31. The van der Waals surface area contributed by atoms with Crippen molar-refractivity contribution in [3.63, 3.8) is 0 Å². The number of ether oxygens (including phenoxy) is 2. The van der Waals surface area contributed by atoms with Gasteiger partial charge in [-0.15, -0.1) is 0 Å². The van der Waals surface area contributed by atoms with Crippen molar-refractivity contribution in [3.8, 4) is 0 Å². The molecule has 0 aliphatic rings. The number of hydrogen-bond donors (Lipinski definition) is 1. The van der Waals surface area contributed by atoms with E-state index in [4.69, 9.17) is 4.74 Å².